The zero-order chi connectivity index (χ0) is 14.7. The van der Waals surface area contributed by atoms with Gasteiger partial charge in [-0.15, -0.1) is 0 Å². The fraction of sp³-hybridized carbons (Fsp3) is 0.625. The Morgan fingerprint density at radius 3 is 2.80 bits per heavy atom. The van der Waals surface area contributed by atoms with Crippen LogP contribution in [0.1, 0.15) is 17.5 Å². The summed E-state index contributed by atoms with van der Waals surface area (Å²) in [5, 5.41) is 11.4. The van der Waals surface area contributed by atoms with Crippen LogP contribution < -0.4 is 0 Å². The molecule has 0 aliphatic carbocycles. The highest BCUT2D eigenvalue weighted by Gasteiger charge is 2.27. The van der Waals surface area contributed by atoms with Gasteiger partial charge in [0, 0.05) is 24.0 Å². The largest absolute Gasteiger partial charge is 0.391 e. The third kappa shape index (κ3) is 3.95. The first kappa shape index (κ1) is 15.8. The monoisotopic (exact) mass is 296 g/mol. The maximum absolute atomic E-state index is 10.6. The van der Waals surface area contributed by atoms with Crippen LogP contribution in [0.5, 0.6) is 0 Å². The lowest BCUT2D eigenvalue weighted by atomic mass is 10.00. The second kappa shape index (κ2) is 6.90. The summed E-state index contributed by atoms with van der Waals surface area (Å²) in [6, 6.07) is 6.21. The average Bonchev–Trinajstić information content (AvgIpc) is 2.54. The van der Waals surface area contributed by atoms with E-state index in [0.717, 1.165) is 42.2 Å². The Morgan fingerprint density at radius 2 is 2.10 bits per heavy atom. The third-order valence-electron chi connectivity index (χ3n) is 4.20. The normalized spacial score (nSPS) is 23.6. The van der Waals surface area contributed by atoms with E-state index in [4.69, 9.17) is 11.6 Å². The van der Waals surface area contributed by atoms with Crippen molar-refractivity contribution in [3.8, 4) is 0 Å². The molecule has 2 atom stereocenters. The fourth-order valence-electron chi connectivity index (χ4n) is 2.90. The molecule has 0 spiro atoms. The molecule has 1 fully saturated rings. The lowest BCUT2D eigenvalue weighted by molar-refractivity contribution is 0.0581. The highest BCUT2D eigenvalue weighted by molar-refractivity contribution is 6.31. The lowest BCUT2D eigenvalue weighted by Gasteiger charge is -2.31. The fourth-order valence-corrected chi connectivity index (χ4v) is 3.21. The number of nitrogens with zero attached hydrogens (tertiary/aromatic N) is 2. The molecule has 0 aromatic heterocycles. The van der Waals surface area contributed by atoms with Crippen molar-refractivity contribution in [2.45, 2.75) is 31.9 Å². The summed E-state index contributed by atoms with van der Waals surface area (Å²) >= 11 is 6.27. The Balaban J connectivity index is 2.07. The summed E-state index contributed by atoms with van der Waals surface area (Å²) in [7, 11) is 4.22. The van der Waals surface area contributed by atoms with Gasteiger partial charge in [-0.3, -0.25) is 4.90 Å². The highest BCUT2D eigenvalue weighted by atomic mass is 35.5. The van der Waals surface area contributed by atoms with E-state index in [0.29, 0.717) is 6.42 Å². The van der Waals surface area contributed by atoms with Crippen molar-refractivity contribution >= 4 is 11.6 Å². The standard InChI is InChI=1S/C16H25ClN2O/c1-12-5-6-13(14(17)9-12)10-16(20)15-11-18(2)7-4-8-19(15)3/h5-6,9,15-16,20H,4,7-8,10-11H2,1-3H3. The Morgan fingerprint density at radius 1 is 1.35 bits per heavy atom. The van der Waals surface area contributed by atoms with E-state index >= 15 is 0 Å². The van der Waals surface area contributed by atoms with Gasteiger partial charge in [-0.1, -0.05) is 23.7 Å². The van der Waals surface area contributed by atoms with Crippen molar-refractivity contribution in [1.82, 2.24) is 9.80 Å². The number of aliphatic hydroxyl groups is 1. The van der Waals surface area contributed by atoms with Gasteiger partial charge >= 0.3 is 0 Å². The number of benzene rings is 1. The summed E-state index contributed by atoms with van der Waals surface area (Å²) in [4.78, 5) is 4.57. The molecule has 1 N–H and O–H groups in total. The zero-order valence-electron chi connectivity index (χ0n) is 12.6. The maximum Gasteiger partial charge on any atom is 0.0748 e. The number of rotatable bonds is 3. The van der Waals surface area contributed by atoms with Crippen LogP contribution in [-0.2, 0) is 6.42 Å². The van der Waals surface area contributed by atoms with E-state index in [1.54, 1.807) is 0 Å². The second-order valence-corrected chi connectivity index (χ2v) is 6.44. The molecule has 20 heavy (non-hydrogen) atoms. The number of likely N-dealkylation sites (N-methyl/N-ethyl adjacent to an activating group) is 2. The minimum absolute atomic E-state index is 0.167. The Labute approximate surface area is 127 Å². The summed E-state index contributed by atoms with van der Waals surface area (Å²) in [6.07, 6.45) is 1.38. The van der Waals surface area contributed by atoms with E-state index in [-0.39, 0.29) is 12.1 Å². The molecule has 2 unspecified atom stereocenters. The molecule has 4 heteroatoms. The molecule has 0 amide bonds. The smallest absolute Gasteiger partial charge is 0.0748 e. The van der Waals surface area contributed by atoms with Gasteiger partial charge in [-0.2, -0.15) is 0 Å². The summed E-state index contributed by atoms with van der Waals surface area (Å²) in [5.74, 6) is 0. The first-order valence-electron chi connectivity index (χ1n) is 7.29. The molecule has 3 nitrogen and oxygen atoms in total. The average molecular weight is 297 g/mol. The molecule has 0 radical (unpaired) electrons. The van der Waals surface area contributed by atoms with Gasteiger partial charge < -0.3 is 10.0 Å². The lowest BCUT2D eigenvalue weighted by Crippen LogP contribution is -2.47. The van der Waals surface area contributed by atoms with Crippen LogP contribution in [-0.4, -0.2) is 60.8 Å². The number of aryl methyl sites for hydroxylation is 1. The van der Waals surface area contributed by atoms with Crippen LogP contribution in [0, 0.1) is 6.92 Å². The predicted molar refractivity (Wildman–Crippen MR) is 84.4 cm³/mol. The van der Waals surface area contributed by atoms with Crippen molar-refractivity contribution in [2.24, 2.45) is 0 Å². The number of halogens is 1. The summed E-state index contributed by atoms with van der Waals surface area (Å²) < 4.78 is 0. The van der Waals surface area contributed by atoms with Gasteiger partial charge in [-0.05, 0) is 57.7 Å². The molecule has 0 saturated carbocycles. The SMILES string of the molecule is Cc1ccc(CC(O)C2CN(C)CCCN2C)c(Cl)c1. The van der Waals surface area contributed by atoms with Crippen LogP contribution in [0.15, 0.2) is 18.2 Å². The molecule has 1 aliphatic rings. The topological polar surface area (TPSA) is 26.7 Å². The minimum Gasteiger partial charge on any atom is -0.391 e. The highest BCUT2D eigenvalue weighted by Crippen LogP contribution is 2.21. The van der Waals surface area contributed by atoms with Crippen LogP contribution in [0.3, 0.4) is 0 Å². The van der Waals surface area contributed by atoms with Gasteiger partial charge in [0.15, 0.2) is 0 Å². The van der Waals surface area contributed by atoms with Crippen molar-refractivity contribution in [1.29, 1.82) is 0 Å². The van der Waals surface area contributed by atoms with Crippen LogP contribution in [0.25, 0.3) is 0 Å². The molecule has 1 aromatic rings. The van der Waals surface area contributed by atoms with Gasteiger partial charge in [0.25, 0.3) is 0 Å². The number of hydrogen-bond acceptors (Lipinski definition) is 3. The van der Waals surface area contributed by atoms with Crippen LogP contribution in [0.2, 0.25) is 5.02 Å². The van der Waals surface area contributed by atoms with Gasteiger partial charge in [0.2, 0.25) is 0 Å². The summed E-state index contributed by atoms with van der Waals surface area (Å²) in [6.45, 7) is 5.06. The van der Waals surface area contributed by atoms with E-state index in [2.05, 4.69) is 30.0 Å². The Kier molecular flexibility index (Phi) is 5.44. The van der Waals surface area contributed by atoms with Gasteiger partial charge in [0.1, 0.15) is 0 Å². The van der Waals surface area contributed by atoms with Gasteiger partial charge in [-0.25, -0.2) is 0 Å². The first-order valence-corrected chi connectivity index (χ1v) is 7.67. The van der Waals surface area contributed by atoms with Crippen LogP contribution >= 0.6 is 11.6 Å². The third-order valence-corrected chi connectivity index (χ3v) is 4.55. The Hall–Kier alpha value is -0.610. The molecule has 1 aliphatic heterocycles. The van der Waals surface area contributed by atoms with E-state index in [1.807, 2.05) is 19.1 Å². The quantitative estimate of drug-likeness (QED) is 0.926. The minimum atomic E-state index is -0.388. The first-order chi connectivity index (χ1) is 9.47. The van der Waals surface area contributed by atoms with Crippen molar-refractivity contribution in [2.75, 3.05) is 33.7 Å². The number of aliphatic hydroxyl groups excluding tert-OH is 1. The molecule has 1 aromatic carbocycles. The molecule has 1 saturated heterocycles. The predicted octanol–water partition coefficient (Wildman–Crippen LogP) is 2.19. The van der Waals surface area contributed by atoms with E-state index in [1.165, 1.54) is 0 Å². The van der Waals surface area contributed by atoms with E-state index in [9.17, 15) is 5.11 Å². The molecule has 1 heterocycles. The van der Waals surface area contributed by atoms with Gasteiger partial charge in [0.05, 0.1) is 6.10 Å². The zero-order valence-corrected chi connectivity index (χ0v) is 13.4. The molecule has 112 valence electrons. The van der Waals surface area contributed by atoms with Crippen molar-refractivity contribution in [3.05, 3.63) is 34.3 Å². The van der Waals surface area contributed by atoms with Crippen molar-refractivity contribution < 1.29 is 5.11 Å². The molecule has 0 bridgehead atoms. The second-order valence-electron chi connectivity index (χ2n) is 6.03. The Bertz CT molecular complexity index is 452. The number of hydrogen-bond donors (Lipinski definition) is 1. The molecular weight excluding hydrogens is 272 g/mol. The maximum atomic E-state index is 10.6. The van der Waals surface area contributed by atoms with E-state index < -0.39 is 0 Å². The van der Waals surface area contributed by atoms with Crippen LogP contribution in [0.4, 0.5) is 0 Å². The molecule has 2 rings (SSSR count). The molecular formula is C16H25ClN2O. The van der Waals surface area contributed by atoms with Crippen molar-refractivity contribution in [3.63, 3.8) is 0 Å². The summed E-state index contributed by atoms with van der Waals surface area (Å²) in [5.41, 5.74) is 2.18.